The van der Waals surface area contributed by atoms with Gasteiger partial charge in [0, 0.05) is 48.7 Å². The van der Waals surface area contributed by atoms with Crippen LogP contribution in [0.15, 0.2) is 48.9 Å². The summed E-state index contributed by atoms with van der Waals surface area (Å²) in [7, 11) is 0. The normalized spacial score (nSPS) is 11.5. The lowest BCUT2D eigenvalue weighted by Crippen LogP contribution is -2.23. The van der Waals surface area contributed by atoms with Gasteiger partial charge in [-0.15, -0.1) is 5.10 Å². The number of rotatable bonds is 8. The molecule has 41 heavy (non-hydrogen) atoms. The third-order valence-electron chi connectivity index (χ3n) is 5.86. The molecule has 214 valence electrons. The summed E-state index contributed by atoms with van der Waals surface area (Å²) < 4.78 is 42.5. The van der Waals surface area contributed by atoms with Crippen molar-refractivity contribution in [1.29, 1.82) is 0 Å². The summed E-state index contributed by atoms with van der Waals surface area (Å²) in [5.74, 6) is -0.773. The maximum absolute atomic E-state index is 13.7. The Morgan fingerprint density at radius 2 is 1.78 bits per heavy atom. The minimum absolute atomic E-state index is 0.0116. The van der Waals surface area contributed by atoms with Crippen LogP contribution in [0.25, 0.3) is 16.9 Å². The summed E-state index contributed by atoms with van der Waals surface area (Å²) in [4.78, 5) is 32.4. The number of carbonyl (C=O) groups excluding carboxylic acids is 2. The molecule has 0 saturated heterocycles. The van der Waals surface area contributed by atoms with Gasteiger partial charge < -0.3 is 10.6 Å². The molecule has 0 radical (unpaired) electrons. The molecule has 0 aliphatic rings. The third-order valence-corrected chi connectivity index (χ3v) is 6.31. The van der Waals surface area contributed by atoms with Crippen LogP contribution in [0.1, 0.15) is 47.8 Å². The lowest BCUT2D eigenvalue weighted by molar-refractivity contribution is -0.137. The molecule has 2 aromatic heterocycles. The SMILES string of the molecule is CC(=O)Nc1ncc(-c2cn(-c3cc(C(=O)Nc4cc(CNC(C)C)c(Cl)c(C(F)(F)F)c4)ccc3C)nn2)cn1. The van der Waals surface area contributed by atoms with Crippen LogP contribution in [0, 0.1) is 6.92 Å². The fourth-order valence-corrected chi connectivity index (χ4v) is 4.09. The maximum atomic E-state index is 13.7. The monoisotopic (exact) mass is 586 g/mol. The second-order valence-electron chi connectivity index (χ2n) is 9.51. The molecule has 0 saturated carbocycles. The van der Waals surface area contributed by atoms with Crippen molar-refractivity contribution in [2.24, 2.45) is 0 Å². The Kier molecular flexibility index (Phi) is 8.69. The van der Waals surface area contributed by atoms with Gasteiger partial charge in [0.05, 0.1) is 22.5 Å². The second kappa shape index (κ2) is 12.0. The molecule has 2 amide bonds. The highest BCUT2D eigenvalue weighted by molar-refractivity contribution is 6.32. The van der Waals surface area contributed by atoms with Crippen molar-refractivity contribution in [1.82, 2.24) is 30.3 Å². The molecule has 2 heterocycles. The van der Waals surface area contributed by atoms with E-state index < -0.39 is 22.7 Å². The Bertz CT molecular complexity index is 1590. The van der Waals surface area contributed by atoms with Gasteiger partial charge >= 0.3 is 6.18 Å². The number of benzene rings is 2. The lowest BCUT2D eigenvalue weighted by atomic mass is 10.1. The zero-order valence-corrected chi connectivity index (χ0v) is 23.2. The molecular weight excluding hydrogens is 561 g/mol. The Morgan fingerprint density at radius 1 is 1.07 bits per heavy atom. The number of amides is 2. The van der Waals surface area contributed by atoms with Crippen LogP contribution in [0.4, 0.5) is 24.8 Å². The number of aromatic nitrogens is 5. The summed E-state index contributed by atoms with van der Waals surface area (Å²) in [6.45, 7) is 6.96. The molecule has 0 aliphatic heterocycles. The highest BCUT2D eigenvalue weighted by Crippen LogP contribution is 2.38. The van der Waals surface area contributed by atoms with Crippen molar-refractivity contribution >= 4 is 35.1 Å². The molecule has 10 nitrogen and oxygen atoms in total. The predicted molar refractivity (Wildman–Crippen MR) is 148 cm³/mol. The molecule has 0 fully saturated rings. The second-order valence-corrected chi connectivity index (χ2v) is 9.89. The van der Waals surface area contributed by atoms with Crippen molar-refractivity contribution in [3.63, 3.8) is 0 Å². The van der Waals surface area contributed by atoms with E-state index in [2.05, 4.69) is 36.2 Å². The number of hydrogen-bond donors (Lipinski definition) is 3. The van der Waals surface area contributed by atoms with Crippen LogP contribution in [-0.2, 0) is 17.5 Å². The minimum atomic E-state index is -4.71. The molecule has 3 N–H and O–H groups in total. The van der Waals surface area contributed by atoms with Crippen molar-refractivity contribution in [2.75, 3.05) is 10.6 Å². The van der Waals surface area contributed by atoms with Gasteiger partial charge in [0.25, 0.3) is 5.91 Å². The Hall–Kier alpha value is -4.36. The van der Waals surface area contributed by atoms with E-state index in [4.69, 9.17) is 11.6 Å². The van der Waals surface area contributed by atoms with Gasteiger partial charge in [-0.3, -0.25) is 14.9 Å². The maximum Gasteiger partial charge on any atom is 0.417 e. The van der Waals surface area contributed by atoms with Gasteiger partial charge in [0.1, 0.15) is 5.69 Å². The van der Waals surface area contributed by atoms with E-state index in [9.17, 15) is 22.8 Å². The largest absolute Gasteiger partial charge is 0.417 e. The number of carbonyl (C=O) groups is 2. The highest BCUT2D eigenvalue weighted by atomic mass is 35.5. The van der Waals surface area contributed by atoms with Gasteiger partial charge in [-0.1, -0.05) is 36.7 Å². The Morgan fingerprint density at radius 3 is 2.41 bits per heavy atom. The number of nitrogens with zero attached hydrogens (tertiary/aromatic N) is 5. The first-order chi connectivity index (χ1) is 19.3. The fraction of sp³-hybridized carbons (Fsp3) is 0.259. The van der Waals surface area contributed by atoms with Crippen LogP contribution in [-0.4, -0.2) is 42.8 Å². The summed E-state index contributed by atoms with van der Waals surface area (Å²) in [5.41, 5.74) is 1.60. The molecule has 2 aromatic carbocycles. The number of alkyl halides is 3. The summed E-state index contributed by atoms with van der Waals surface area (Å²) >= 11 is 6.07. The van der Waals surface area contributed by atoms with Crippen LogP contribution >= 0.6 is 11.6 Å². The quantitative estimate of drug-likeness (QED) is 0.252. The topological polar surface area (TPSA) is 127 Å². The molecule has 0 atom stereocenters. The Labute approximate surface area is 238 Å². The predicted octanol–water partition coefficient (Wildman–Crippen LogP) is 5.41. The number of nitrogens with one attached hydrogen (secondary N) is 3. The minimum Gasteiger partial charge on any atom is -0.322 e. The van der Waals surface area contributed by atoms with Crippen molar-refractivity contribution < 1.29 is 22.8 Å². The van der Waals surface area contributed by atoms with Gasteiger partial charge in [-0.05, 0) is 42.3 Å². The van der Waals surface area contributed by atoms with Crippen LogP contribution in [0.2, 0.25) is 5.02 Å². The molecule has 0 spiro atoms. The van der Waals surface area contributed by atoms with Crippen LogP contribution < -0.4 is 16.0 Å². The summed E-state index contributed by atoms with van der Waals surface area (Å²) in [5, 5.41) is 15.9. The first-order valence-corrected chi connectivity index (χ1v) is 12.8. The van der Waals surface area contributed by atoms with E-state index in [-0.39, 0.29) is 41.3 Å². The first kappa shape index (κ1) is 29.6. The average molecular weight is 587 g/mol. The zero-order chi connectivity index (χ0) is 29.9. The van der Waals surface area contributed by atoms with E-state index in [0.29, 0.717) is 16.9 Å². The molecule has 0 aliphatic carbocycles. The first-order valence-electron chi connectivity index (χ1n) is 12.4. The summed E-state index contributed by atoms with van der Waals surface area (Å²) in [6.07, 6.45) is -0.129. The molecule has 4 aromatic rings. The number of aryl methyl sites for hydroxylation is 1. The third kappa shape index (κ3) is 7.24. The van der Waals surface area contributed by atoms with E-state index in [1.165, 1.54) is 30.1 Å². The van der Waals surface area contributed by atoms with E-state index in [1.807, 2.05) is 20.8 Å². The lowest BCUT2D eigenvalue weighted by Gasteiger charge is -2.17. The fourth-order valence-electron chi connectivity index (χ4n) is 3.80. The van der Waals surface area contributed by atoms with Crippen LogP contribution in [0.5, 0.6) is 0 Å². The van der Waals surface area contributed by atoms with Crippen LogP contribution in [0.3, 0.4) is 0 Å². The standard InChI is InChI=1S/C27H26ClF3N8O2/c1-14(2)32-10-18-7-20(9-21(24(18)28)27(29,30)31)36-25(41)17-6-5-15(3)23(8-17)39-13-22(37-38-39)19-11-33-26(34-12-19)35-16(4)40/h5-9,11-14,32H,10H2,1-4H3,(H,36,41)(H,33,34,35,40). The number of anilines is 2. The number of halogens is 4. The van der Waals surface area contributed by atoms with Gasteiger partial charge in [0.15, 0.2) is 0 Å². The molecule has 4 rings (SSSR count). The zero-order valence-electron chi connectivity index (χ0n) is 22.5. The van der Waals surface area contributed by atoms with Crippen molar-refractivity contribution in [2.45, 2.75) is 46.5 Å². The van der Waals surface area contributed by atoms with Gasteiger partial charge in [-0.25, -0.2) is 14.6 Å². The summed E-state index contributed by atoms with van der Waals surface area (Å²) in [6, 6.07) is 7.06. The number of hydrogen-bond acceptors (Lipinski definition) is 7. The van der Waals surface area contributed by atoms with Crippen molar-refractivity contribution in [3.05, 3.63) is 76.2 Å². The smallest absolute Gasteiger partial charge is 0.322 e. The molecular formula is C27H26ClF3N8O2. The van der Waals surface area contributed by atoms with Gasteiger partial charge in [0.2, 0.25) is 11.9 Å². The average Bonchev–Trinajstić information content (AvgIpc) is 3.38. The molecule has 0 unspecified atom stereocenters. The highest BCUT2D eigenvalue weighted by Gasteiger charge is 2.35. The Balaban J connectivity index is 1.59. The van der Waals surface area contributed by atoms with Crippen molar-refractivity contribution in [3.8, 4) is 16.9 Å². The van der Waals surface area contributed by atoms with E-state index >= 15 is 0 Å². The van der Waals surface area contributed by atoms with E-state index in [1.54, 1.807) is 24.4 Å². The molecule has 14 heteroatoms. The van der Waals surface area contributed by atoms with Gasteiger partial charge in [-0.2, -0.15) is 13.2 Å². The van der Waals surface area contributed by atoms with E-state index in [0.717, 1.165) is 11.6 Å². The molecule has 0 bridgehead atoms.